The van der Waals surface area contributed by atoms with Gasteiger partial charge in [0.05, 0.1) is 6.54 Å². The zero-order valence-electron chi connectivity index (χ0n) is 9.69. The average Bonchev–Trinajstić information content (AvgIpc) is 2.39. The molecule has 2 N–H and O–H groups in total. The van der Waals surface area contributed by atoms with Crippen LogP contribution in [0, 0.1) is 0 Å². The molecule has 0 radical (unpaired) electrons. The molecule has 92 valence electrons. The first-order valence-electron chi connectivity index (χ1n) is 5.78. The van der Waals surface area contributed by atoms with Crippen LogP contribution in [0.25, 0.3) is 0 Å². The molecule has 0 aromatic heterocycles. The van der Waals surface area contributed by atoms with Crippen molar-refractivity contribution in [2.75, 3.05) is 32.7 Å². The fourth-order valence-corrected chi connectivity index (χ4v) is 1.71. The van der Waals surface area contributed by atoms with E-state index in [1.165, 1.54) is 0 Å². The number of hydrogen-bond donors (Lipinski definition) is 2. The van der Waals surface area contributed by atoms with Crippen molar-refractivity contribution < 1.29 is 9.63 Å². The lowest BCUT2D eigenvalue weighted by molar-refractivity contribution is -0.129. The fourth-order valence-electron chi connectivity index (χ4n) is 1.71. The van der Waals surface area contributed by atoms with Gasteiger partial charge in [0.25, 0.3) is 5.91 Å². The lowest BCUT2D eigenvalue weighted by Gasteiger charge is -2.26. The molecule has 0 saturated carbocycles. The van der Waals surface area contributed by atoms with Crippen LogP contribution in [-0.4, -0.2) is 43.5 Å². The van der Waals surface area contributed by atoms with Crippen molar-refractivity contribution in [1.29, 1.82) is 0 Å². The molecule has 0 atom stereocenters. The molecule has 1 heterocycles. The SMILES string of the molecule is O=C(CN1CCNCC1)NOc1ccccc1. The molecule has 0 aliphatic carbocycles. The summed E-state index contributed by atoms with van der Waals surface area (Å²) in [4.78, 5) is 18.9. The highest BCUT2D eigenvalue weighted by Crippen LogP contribution is 2.06. The van der Waals surface area contributed by atoms with E-state index in [0.717, 1.165) is 26.2 Å². The number of para-hydroxylation sites is 1. The second-order valence-corrected chi connectivity index (χ2v) is 3.97. The van der Waals surface area contributed by atoms with Crippen LogP contribution in [0.1, 0.15) is 0 Å². The molecule has 1 aromatic rings. The van der Waals surface area contributed by atoms with Gasteiger partial charge >= 0.3 is 0 Å². The Kier molecular flexibility index (Phi) is 4.35. The molecule has 0 spiro atoms. The van der Waals surface area contributed by atoms with Gasteiger partial charge in [-0.25, -0.2) is 0 Å². The zero-order valence-corrected chi connectivity index (χ0v) is 9.69. The van der Waals surface area contributed by atoms with Crippen LogP contribution in [-0.2, 0) is 4.79 Å². The van der Waals surface area contributed by atoms with E-state index in [1.807, 2.05) is 18.2 Å². The third-order valence-electron chi connectivity index (χ3n) is 2.60. The standard InChI is InChI=1S/C12H17N3O2/c16-12(10-15-8-6-13-7-9-15)14-17-11-4-2-1-3-5-11/h1-5,13H,6-10H2,(H,14,16). The van der Waals surface area contributed by atoms with E-state index in [9.17, 15) is 4.79 Å². The number of piperazine rings is 1. The molecule has 1 aromatic carbocycles. The van der Waals surface area contributed by atoms with E-state index in [1.54, 1.807) is 12.1 Å². The third kappa shape index (κ3) is 4.05. The number of amides is 1. The number of benzene rings is 1. The summed E-state index contributed by atoms with van der Waals surface area (Å²) < 4.78 is 0. The second kappa shape index (κ2) is 6.22. The predicted octanol–water partition coefficient (Wildman–Crippen LogP) is 0.00180. The third-order valence-corrected chi connectivity index (χ3v) is 2.60. The van der Waals surface area contributed by atoms with E-state index >= 15 is 0 Å². The minimum atomic E-state index is -0.115. The van der Waals surface area contributed by atoms with Crippen molar-refractivity contribution in [2.45, 2.75) is 0 Å². The Labute approximate surface area is 101 Å². The quantitative estimate of drug-likeness (QED) is 0.721. The number of carbonyl (C=O) groups is 1. The first-order chi connectivity index (χ1) is 8.34. The molecule has 5 heteroatoms. The van der Waals surface area contributed by atoms with Crippen LogP contribution in [0.5, 0.6) is 5.75 Å². The van der Waals surface area contributed by atoms with Gasteiger partial charge in [0.1, 0.15) is 0 Å². The summed E-state index contributed by atoms with van der Waals surface area (Å²) >= 11 is 0. The number of rotatable bonds is 4. The van der Waals surface area contributed by atoms with Gasteiger partial charge in [-0.2, -0.15) is 5.48 Å². The summed E-state index contributed by atoms with van der Waals surface area (Å²) in [6.45, 7) is 4.06. The monoisotopic (exact) mass is 235 g/mol. The topological polar surface area (TPSA) is 53.6 Å². The highest BCUT2D eigenvalue weighted by atomic mass is 16.7. The van der Waals surface area contributed by atoms with Crippen molar-refractivity contribution in [3.8, 4) is 5.75 Å². The van der Waals surface area contributed by atoms with Crippen LogP contribution < -0.4 is 15.6 Å². The van der Waals surface area contributed by atoms with E-state index < -0.39 is 0 Å². The predicted molar refractivity (Wildman–Crippen MR) is 64.5 cm³/mol. The Bertz CT molecular complexity index is 350. The number of hydrogen-bond acceptors (Lipinski definition) is 4. The smallest absolute Gasteiger partial charge is 0.266 e. The number of carbonyl (C=O) groups excluding carboxylic acids is 1. The molecule has 1 aliphatic heterocycles. The maximum Gasteiger partial charge on any atom is 0.266 e. The second-order valence-electron chi connectivity index (χ2n) is 3.97. The maximum absolute atomic E-state index is 11.6. The van der Waals surface area contributed by atoms with Gasteiger partial charge in [0.2, 0.25) is 0 Å². The summed E-state index contributed by atoms with van der Waals surface area (Å²) in [6, 6.07) is 9.21. The fraction of sp³-hybridized carbons (Fsp3) is 0.417. The van der Waals surface area contributed by atoms with Crippen molar-refractivity contribution in [2.24, 2.45) is 0 Å². The maximum atomic E-state index is 11.6. The minimum Gasteiger partial charge on any atom is -0.380 e. The van der Waals surface area contributed by atoms with Gasteiger partial charge in [-0.3, -0.25) is 9.69 Å². The number of nitrogens with one attached hydrogen (secondary N) is 2. The van der Waals surface area contributed by atoms with E-state index in [0.29, 0.717) is 12.3 Å². The van der Waals surface area contributed by atoms with Crippen LogP contribution in [0.15, 0.2) is 30.3 Å². The summed E-state index contributed by atoms with van der Waals surface area (Å²) in [5, 5.41) is 3.24. The van der Waals surface area contributed by atoms with Crippen LogP contribution >= 0.6 is 0 Å². The van der Waals surface area contributed by atoms with Crippen LogP contribution in [0.4, 0.5) is 0 Å². The van der Waals surface area contributed by atoms with E-state index in [2.05, 4.69) is 15.7 Å². The average molecular weight is 235 g/mol. The van der Waals surface area contributed by atoms with Crippen molar-refractivity contribution in [1.82, 2.24) is 15.7 Å². The van der Waals surface area contributed by atoms with Crippen molar-refractivity contribution >= 4 is 5.91 Å². The van der Waals surface area contributed by atoms with E-state index in [4.69, 9.17) is 4.84 Å². The highest BCUT2D eigenvalue weighted by molar-refractivity contribution is 5.77. The molecule has 1 aliphatic rings. The van der Waals surface area contributed by atoms with E-state index in [-0.39, 0.29) is 5.91 Å². The molecule has 17 heavy (non-hydrogen) atoms. The van der Waals surface area contributed by atoms with Gasteiger partial charge in [0, 0.05) is 26.2 Å². The van der Waals surface area contributed by atoms with Gasteiger partial charge in [-0.05, 0) is 12.1 Å². The molecule has 1 fully saturated rings. The summed E-state index contributed by atoms with van der Waals surface area (Å²) in [6.07, 6.45) is 0. The Balaban J connectivity index is 1.70. The normalized spacial score (nSPS) is 16.5. The molecule has 0 bridgehead atoms. The first-order valence-corrected chi connectivity index (χ1v) is 5.78. The summed E-state index contributed by atoms with van der Waals surface area (Å²) in [5.41, 5.74) is 2.45. The molecule has 2 rings (SSSR count). The van der Waals surface area contributed by atoms with Crippen molar-refractivity contribution in [3.63, 3.8) is 0 Å². The lowest BCUT2D eigenvalue weighted by Crippen LogP contribution is -2.47. The van der Waals surface area contributed by atoms with Gasteiger partial charge in [-0.1, -0.05) is 18.2 Å². The lowest BCUT2D eigenvalue weighted by atomic mass is 10.3. The molecular weight excluding hydrogens is 218 g/mol. The molecule has 1 saturated heterocycles. The van der Waals surface area contributed by atoms with Crippen molar-refractivity contribution in [3.05, 3.63) is 30.3 Å². The molecular formula is C12H17N3O2. The summed E-state index contributed by atoms with van der Waals surface area (Å²) in [5.74, 6) is 0.525. The summed E-state index contributed by atoms with van der Waals surface area (Å²) in [7, 11) is 0. The first kappa shape index (κ1) is 11.9. The Morgan fingerprint density at radius 1 is 1.29 bits per heavy atom. The minimum absolute atomic E-state index is 0.115. The molecule has 5 nitrogen and oxygen atoms in total. The van der Waals surface area contributed by atoms with Gasteiger partial charge < -0.3 is 10.2 Å². The van der Waals surface area contributed by atoms with Crippen LogP contribution in [0.3, 0.4) is 0 Å². The Morgan fingerprint density at radius 3 is 2.71 bits per heavy atom. The van der Waals surface area contributed by atoms with Crippen LogP contribution in [0.2, 0.25) is 0 Å². The van der Waals surface area contributed by atoms with Gasteiger partial charge in [0.15, 0.2) is 5.75 Å². The Hall–Kier alpha value is -1.59. The molecule has 0 unspecified atom stereocenters. The molecule has 1 amide bonds. The highest BCUT2D eigenvalue weighted by Gasteiger charge is 2.13. The largest absolute Gasteiger partial charge is 0.380 e. The number of hydroxylamine groups is 1. The van der Waals surface area contributed by atoms with Gasteiger partial charge in [-0.15, -0.1) is 0 Å². The zero-order chi connectivity index (χ0) is 11.9. The number of nitrogens with zero attached hydrogens (tertiary/aromatic N) is 1. The Morgan fingerprint density at radius 2 is 2.00 bits per heavy atom.